The molecule has 0 fully saturated rings. The van der Waals surface area contributed by atoms with E-state index in [0.29, 0.717) is 5.92 Å². The van der Waals surface area contributed by atoms with Gasteiger partial charge in [0, 0.05) is 12.5 Å². The van der Waals surface area contributed by atoms with Gasteiger partial charge in [-0.25, -0.2) is 0 Å². The zero-order valence-electron chi connectivity index (χ0n) is 7.83. The van der Waals surface area contributed by atoms with Crippen LogP contribution in [0.4, 0.5) is 0 Å². The molecule has 1 N–H and O–H groups in total. The normalized spacial score (nSPS) is 21.9. The number of rotatable bonds is 1. The Morgan fingerprint density at radius 1 is 1.31 bits per heavy atom. The van der Waals surface area contributed by atoms with E-state index in [1.54, 1.807) is 0 Å². The van der Waals surface area contributed by atoms with E-state index in [4.69, 9.17) is 0 Å². The molecule has 0 bridgehead atoms. The molecule has 1 aliphatic rings. The predicted molar refractivity (Wildman–Crippen MR) is 54.8 cm³/mol. The molecule has 0 saturated carbocycles. The number of nitrogens with zero attached hydrogens (tertiary/aromatic N) is 1. The summed E-state index contributed by atoms with van der Waals surface area (Å²) in [5.74, 6) is 0.573. The van der Waals surface area contributed by atoms with Gasteiger partial charge in [-0.15, -0.1) is 0 Å². The molecular formula is C11H14N2. The van der Waals surface area contributed by atoms with E-state index in [2.05, 4.69) is 41.7 Å². The van der Waals surface area contributed by atoms with Crippen molar-refractivity contribution in [2.75, 3.05) is 6.54 Å². The highest BCUT2D eigenvalue weighted by Gasteiger charge is 2.15. The van der Waals surface area contributed by atoms with Gasteiger partial charge < -0.3 is 5.43 Å². The molecule has 1 unspecified atom stereocenters. The summed E-state index contributed by atoms with van der Waals surface area (Å²) in [6.45, 7) is 3.23. The first-order valence-electron chi connectivity index (χ1n) is 4.74. The molecule has 13 heavy (non-hydrogen) atoms. The Morgan fingerprint density at radius 3 is 2.77 bits per heavy atom. The Morgan fingerprint density at radius 2 is 2.08 bits per heavy atom. The quantitative estimate of drug-likeness (QED) is 0.692. The van der Waals surface area contributed by atoms with Crippen LogP contribution in [-0.2, 0) is 0 Å². The zero-order valence-corrected chi connectivity index (χ0v) is 7.83. The molecule has 1 aliphatic heterocycles. The topological polar surface area (TPSA) is 24.4 Å². The summed E-state index contributed by atoms with van der Waals surface area (Å²) in [5.41, 5.74) is 5.48. The summed E-state index contributed by atoms with van der Waals surface area (Å²) in [4.78, 5) is 0. The first-order valence-corrected chi connectivity index (χ1v) is 4.74. The monoisotopic (exact) mass is 174 g/mol. The van der Waals surface area contributed by atoms with Crippen LogP contribution in [0.5, 0.6) is 0 Å². The molecule has 0 spiro atoms. The summed E-state index contributed by atoms with van der Waals surface area (Å²) in [6.07, 6.45) is 1.17. The SMILES string of the molecule is CC1CCNN=C1c1ccccc1. The van der Waals surface area contributed by atoms with Crippen molar-refractivity contribution in [3.63, 3.8) is 0 Å². The maximum absolute atomic E-state index is 4.35. The fourth-order valence-electron chi connectivity index (χ4n) is 1.63. The standard InChI is InChI=1S/C11H14N2/c1-9-7-8-12-13-11(9)10-5-3-2-4-6-10/h2-6,9,12H,7-8H2,1H3. The van der Waals surface area contributed by atoms with E-state index in [1.807, 2.05) is 6.07 Å². The molecule has 68 valence electrons. The highest BCUT2D eigenvalue weighted by atomic mass is 15.3. The van der Waals surface area contributed by atoms with Crippen molar-refractivity contribution in [1.29, 1.82) is 0 Å². The van der Waals surface area contributed by atoms with Crippen molar-refractivity contribution >= 4 is 5.71 Å². The van der Waals surface area contributed by atoms with Gasteiger partial charge in [0.15, 0.2) is 0 Å². The van der Waals surface area contributed by atoms with Crippen molar-refractivity contribution in [1.82, 2.24) is 5.43 Å². The van der Waals surface area contributed by atoms with Crippen LogP contribution in [-0.4, -0.2) is 12.3 Å². The Labute approximate surface area is 78.7 Å². The maximum Gasteiger partial charge on any atom is 0.0703 e. The fourth-order valence-corrected chi connectivity index (χ4v) is 1.63. The lowest BCUT2D eigenvalue weighted by molar-refractivity contribution is 0.572. The lowest BCUT2D eigenvalue weighted by Gasteiger charge is -2.19. The van der Waals surface area contributed by atoms with Gasteiger partial charge in [-0.1, -0.05) is 37.3 Å². The highest BCUT2D eigenvalue weighted by molar-refractivity contribution is 6.02. The van der Waals surface area contributed by atoms with E-state index in [-0.39, 0.29) is 0 Å². The van der Waals surface area contributed by atoms with Gasteiger partial charge in [-0.05, 0) is 12.0 Å². The van der Waals surface area contributed by atoms with Gasteiger partial charge in [0.2, 0.25) is 0 Å². The van der Waals surface area contributed by atoms with Crippen LogP contribution in [0.2, 0.25) is 0 Å². The molecule has 0 aromatic heterocycles. The van der Waals surface area contributed by atoms with Gasteiger partial charge in [0.1, 0.15) is 0 Å². The molecule has 0 radical (unpaired) electrons. The minimum atomic E-state index is 0.573. The molecule has 1 atom stereocenters. The largest absolute Gasteiger partial charge is 0.310 e. The number of hydrazone groups is 1. The lowest BCUT2D eigenvalue weighted by atomic mass is 9.95. The molecule has 1 aromatic rings. The first kappa shape index (κ1) is 8.30. The summed E-state index contributed by atoms with van der Waals surface area (Å²) >= 11 is 0. The zero-order chi connectivity index (χ0) is 9.10. The predicted octanol–water partition coefficient (Wildman–Crippen LogP) is 2.02. The van der Waals surface area contributed by atoms with Crippen molar-refractivity contribution in [2.45, 2.75) is 13.3 Å². The van der Waals surface area contributed by atoms with Crippen LogP contribution in [0.15, 0.2) is 35.4 Å². The van der Waals surface area contributed by atoms with Gasteiger partial charge in [-0.3, -0.25) is 0 Å². The van der Waals surface area contributed by atoms with Crippen LogP contribution in [0.25, 0.3) is 0 Å². The second-order valence-electron chi connectivity index (χ2n) is 3.46. The van der Waals surface area contributed by atoms with E-state index in [1.165, 1.54) is 17.7 Å². The van der Waals surface area contributed by atoms with Crippen LogP contribution in [0, 0.1) is 5.92 Å². The number of hydrogen-bond donors (Lipinski definition) is 1. The minimum Gasteiger partial charge on any atom is -0.310 e. The maximum atomic E-state index is 4.35. The second kappa shape index (κ2) is 3.60. The van der Waals surface area contributed by atoms with Crippen molar-refractivity contribution in [2.24, 2.45) is 11.0 Å². The molecule has 2 heteroatoms. The molecule has 1 heterocycles. The van der Waals surface area contributed by atoms with E-state index in [0.717, 1.165) is 6.54 Å². The molecule has 0 aliphatic carbocycles. The Kier molecular flexibility index (Phi) is 2.30. The number of benzene rings is 1. The third-order valence-electron chi connectivity index (χ3n) is 2.43. The molecule has 1 aromatic carbocycles. The third kappa shape index (κ3) is 1.72. The second-order valence-corrected chi connectivity index (χ2v) is 3.46. The van der Waals surface area contributed by atoms with Gasteiger partial charge in [0.25, 0.3) is 0 Å². The van der Waals surface area contributed by atoms with Crippen LogP contribution in [0.3, 0.4) is 0 Å². The van der Waals surface area contributed by atoms with Crippen molar-refractivity contribution < 1.29 is 0 Å². The van der Waals surface area contributed by atoms with Gasteiger partial charge >= 0.3 is 0 Å². The van der Waals surface area contributed by atoms with Gasteiger partial charge in [-0.2, -0.15) is 5.10 Å². The Hall–Kier alpha value is -1.31. The van der Waals surface area contributed by atoms with Crippen LogP contribution >= 0.6 is 0 Å². The van der Waals surface area contributed by atoms with E-state index >= 15 is 0 Å². The van der Waals surface area contributed by atoms with Crippen molar-refractivity contribution in [3.05, 3.63) is 35.9 Å². The van der Waals surface area contributed by atoms with Crippen LogP contribution < -0.4 is 5.43 Å². The van der Waals surface area contributed by atoms with E-state index in [9.17, 15) is 0 Å². The highest BCUT2D eigenvalue weighted by Crippen LogP contribution is 2.14. The van der Waals surface area contributed by atoms with Crippen LogP contribution in [0.1, 0.15) is 18.9 Å². The molecule has 2 nitrogen and oxygen atoms in total. The summed E-state index contributed by atoms with van der Waals surface area (Å²) < 4.78 is 0. The summed E-state index contributed by atoms with van der Waals surface area (Å²) in [5, 5.41) is 4.35. The molecule has 0 amide bonds. The smallest absolute Gasteiger partial charge is 0.0703 e. The number of nitrogens with one attached hydrogen (secondary N) is 1. The summed E-state index contributed by atoms with van der Waals surface area (Å²) in [6, 6.07) is 10.4. The molecule has 0 saturated heterocycles. The first-order chi connectivity index (χ1) is 6.38. The average molecular weight is 174 g/mol. The van der Waals surface area contributed by atoms with Gasteiger partial charge in [0.05, 0.1) is 5.71 Å². The fraction of sp³-hybridized carbons (Fsp3) is 0.364. The van der Waals surface area contributed by atoms with E-state index < -0.39 is 0 Å². The van der Waals surface area contributed by atoms with Crippen molar-refractivity contribution in [3.8, 4) is 0 Å². The molecule has 2 rings (SSSR count). The Balaban J connectivity index is 2.30. The summed E-state index contributed by atoms with van der Waals surface area (Å²) in [7, 11) is 0. The number of hydrogen-bond acceptors (Lipinski definition) is 2. The minimum absolute atomic E-state index is 0.573. The Bertz CT molecular complexity index is 303. The average Bonchev–Trinajstić information content (AvgIpc) is 2.20. The molecular weight excluding hydrogens is 160 g/mol. The lowest BCUT2D eigenvalue weighted by Crippen LogP contribution is -2.26. The third-order valence-corrected chi connectivity index (χ3v) is 2.43.